The molecule has 0 saturated heterocycles. The highest BCUT2D eigenvalue weighted by atomic mass is 16.2. The van der Waals surface area contributed by atoms with Crippen LogP contribution in [0.15, 0.2) is 24.5 Å². The van der Waals surface area contributed by atoms with Crippen molar-refractivity contribution in [2.45, 2.75) is 6.92 Å². The van der Waals surface area contributed by atoms with Gasteiger partial charge in [-0.25, -0.2) is 0 Å². The molecule has 0 aliphatic rings. The fraction of sp³-hybridized carbons (Fsp3) is 0.222. The Morgan fingerprint density at radius 1 is 1.46 bits per heavy atom. The van der Waals surface area contributed by atoms with E-state index in [1.807, 2.05) is 0 Å². The van der Waals surface area contributed by atoms with E-state index >= 15 is 0 Å². The predicted molar refractivity (Wildman–Crippen MR) is 47.0 cm³/mol. The summed E-state index contributed by atoms with van der Waals surface area (Å²) in [6.07, 6.45) is 3.01. The van der Waals surface area contributed by atoms with Crippen molar-refractivity contribution in [1.29, 1.82) is 0 Å². The monoisotopic (exact) mass is 178 g/mol. The van der Waals surface area contributed by atoms with Crippen LogP contribution >= 0.6 is 0 Å². The first-order chi connectivity index (χ1) is 6.13. The van der Waals surface area contributed by atoms with Gasteiger partial charge in [-0.1, -0.05) is 0 Å². The first kappa shape index (κ1) is 9.38. The molecule has 4 nitrogen and oxygen atoms in total. The Labute approximate surface area is 76.2 Å². The fourth-order valence-corrected chi connectivity index (χ4v) is 0.826. The molecule has 1 heterocycles. The highest BCUT2D eigenvalue weighted by Gasteiger charge is 2.14. The van der Waals surface area contributed by atoms with Gasteiger partial charge in [-0.05, 0) is 12.1 Å². The van der Waals surface area contributed by atoms with Crippen LogP contribution in [-0.2, 0) is 4.79 Å². The van der Waals surface area contributed by atoms with Gasteiger partial charge in [0.25, 0.3) is 5.91 Å². The van der Waals surface area contributed by atoms with Gasteiger partial charge < -0.3 is 0 Å². The summed E-state index contributed by atoms with van der Waals surface area (Å²) in [5.41, 5.74) is 0.417. The van der Waals surface area contributed by atoms with Crippen molar-refractivity contribution in [2.24, 2.45) is 0 Å². The average molecular weight is 178 g/mol. The van der Waals surface area contributed by atoms with E-state index in [9.17, 15) is 9.59 Å². The van der Waals surface area contributed by atoms with Gasteiger partial charge in [-0.2, -0.15) is 0 Å². The molecule has 0 saturated carbocycles. The van der Waals surface area contributed by atoms with Crippen molar-refractivity contribution in [2.75, 3.05) is 7.05 Å². The molecule has 13 heavy (non-hydrogen) atoms. The molecule has 0 fully saturated rings. The second-order valence-electron chi connectivity index (χ2n) is 2.62. The number of aromatic nitrogens is 1. The van der Waals surface area contributed by atoms with Gasteiger partial charge in [0.2, 0.25) is 5.91 Å². The van der Waals surface area contributed by atoms with E-state index in [4.69, 9.17) is 0 Å². The number of carbonyl (C=O) groups is 2. The van der Waals surface area contributed by atoms with E-state index in [1.165, 1.54) is 20.2 Å². The lowest BCUT2D eigenvalue weighted by Crippen LogP contribution is -2.30. The summed E-state index contributed by atoms with van der Waals surface area (Å²) in [6, 6.07) is 3.27. The molecule has 1 aromatic heterocycles. The summed E-state index contributed by atoms with van der Waals surface area (Å²) in [4.78, 5) is 27.1. The Kier molecular flexibility index (Phi) is 2.74. The van der Waals surface area contributed by atoms with E-state index in [2.05, 4.69) is 4.98 Å². The molecular formula is C9H10N2O2. The second-order valence-corrected chi connectivity index (χ2v) is 2.62. The molecule has 0 N–H and O–H groups in total. The van der Waals surface area contributed by atoms with Crippen molar-refractivity contribution >= 4 is 11.8 Å². The number of carbonyl (C=O) groups excluding carboxylic acids is 2. The molecule has 4 heteroatoms. The van der Waals surface area contributed by atoms with E-state index in [-0.39, 0.29) is 11.8 Å². The molecule has 0 spiro atoms. The number of rotatable bonds is 1. The zero-order valence-corrected chi connectivity index (χ0v) is 7.52. The highest BCUT2D eigenvalue weighted by molar-refractivity contribution is 6.03. The van der Waals surface area contributed by atoms with Crippen molar-refractivity contribution in [3.8, 4) is 0 Å². The van der Waals surface area contributed by atoms with Crippen LogP contribution in [0.3, 0.4) is 0 Å². The third kappa shape index (κ3) is 2.11. The maximum absolute atomic E-state index is 11.5. The summed E-state index contributed by atoms with van der Waals surface area (Å²) in [6.45, 7) is 1.34. The average Bonchev–Trinajstić information content (AvgIpc) is 2.17. The van der Waals surface area contributed by atoms with E-state index in [1.54, 1.807) is 18.3 Å². The lowest BCUT2D eigenvalue weighted by atomic mass is 10.2. The van der Waals surface area contributed by atoms with Crippen LogP contribution in [0.5, 0.6) is 0 Å². The topological polar surface area (TPSA) is 50.3 Å². The number of pyridine rings is 1. The molecule has 0 unspecified atom stereocenters. The minimum Gasteiger partial charge on any atom is -0.282 e. The summed E-state index contributed by atoms with van der Waals surface area (Å²) in [5.74, 6) is -0.616. The third-order valence-electron chi connectivity index (χ3n) is 1.69. The Bertz CT molecular complexity index is 322. The molecule has 0 radical (unpaired) electrons. The van der Waals surface area contributed by atoms with Gasteiger partial charge in [0.15, 0.2) is 0 Å². The molecule has 0 bridgehead atoms. The Morgan fingerprint density at radius 2 is 2.15 bits per heavy atom. The smallest absolute Gasteiger partial charge is 0.261 e. The predicted octanol–water partition coefficient (Wildman–Crippen LogP) is 0.700. The minimum atomic E-state index is -0.333. The third-order valence-corrected chi connectivity index (χ3v) is 1.69. The van der Waals surface area contributed by atoms with Crippen LogP contribution in [-0.4, -0.2) is 28.7 Å². The van der Waals surface area contributed by atoms with Crippen LogP contribution in [0.4, 0.5) is 0 Å². The summed E-state index contributed by atoms with van der Waals surface area (Å²) < 4.78 is 0. The Balaban J connectivity index is 2.86. The number of nitrogens with zero attached hydrogens (tertiary/aromatic N) is 2. The van der Waals surface area contributed by atoms with Crippen molar-refractivity contribution in [1.82, 2.24) is 9.88 Å². The quantitative estimate of drug-likeness (QED) is 0.636. The lowest BCUT2D eigenvalue weighted by Gasteiger charge is -2.11. The minimum absolute atomic E-state index is 0.283. The van der Waals surface area contributed by atoms with Crippen LogP contribution < -0.4 is 0 Å². The maximum atomic E-state index is 11.5. The highest BCUT2D eigenvalue weighted by Crippen LogP contribution is 2.00. The second kappa shape index (κ2) is 3.80. The van der Waals surface area contributed by atoms with Gasteiger partial charge in [-0.3, -0.25) is 19.5 Å². The maximum Gasteiger partial charge on any atom is 0.261 e. The molecule has 2 amide bonds. The number of hydrogen-bond donors (Lipinski definition) is 0. The van der Waals surface area contributed by atoms with E-state index in [0.717, 1.165) is 4.90 Å². The zero-order valence-electron chi connectivity index (χ0n) is 7.52. The van der Waals surface area contributed by atoms with Gasteiger partial charge in [0.05, 0.1) is 5.56 Å². The van der Waals surface area contributed by atoms with Crippen molar-refractivity contribution in [3.63, 3.8) is 0 Å². The molecule has 68 valence electrons. The van der Waals surface area contributed by atoms with Crippen molar-refractivity contribution in [3.05, 3.63) is 30.1 Å². The normalized spacial score (nSPS) is 9.38. The summed E-state index contributed by atoms with van der Waals surface area (Å²) in [5, 5.41) is 0. The standard InChI is InChI=1S/C9H10N2O2/c1-7(12)11(2)9(13)8-4-3-5-10-6-8/h3-6H,1-2H3. The van der Waals surface area contributed by atoms with E-state index < -0.39 is 0 Å². The van der Waals surface area contributed by atoms with Gasteiger partial charge in [0.1, 0.15) is 0 Å². The molecule has 0 atom stereocenters. The van der Waals surface area contributed by atoms with Crippen molar-refractivity contribution < 1.29 is 9.59 Å². The molecule has 0 aromatic carbocycles. The lowest BCUT2D eigenvalue weighted by molar-refractivity contribution is -0.125. The number of imide groups is 1. The first-order valence-corrected chi connectivity index (χ1v) is 3.81. The molecule has 0 aliphatic heterocycles. The molecular weight excluding hydrogens is 168 g/mol. The van der Waals surface area contributed by atoms with Gasteiger partial charge in [0, 0.05) is 26.4 Å². The fourth-order valence-electron chi connectivity index (χ4n) is 0.826. The Morgan fingerprint density at radius 3 is 2.62 bits per heavy atom. The zero-order chi connectivity index (χ0) is 9.84. The van der Waals surface area contributed by atoms with Crippen LogP contribution in [0.2, 0.25) is 0 Å². The molecule has 1 aromatic rings. The van der Waals surface area contributed by atoms with Crippen LogP contribution in [0.1, 0.15) is 17.3 Å². The number of hydrogen-bond acceptors (Lipinski definition) is 3. The van der Waals surface area contributed by atoms with Crippen LogP contribution in [0.25, 0.3) is 0 Å². The van der Waals surface area contributed by atoms with Crippen LogP contribution in [0, 0.1) is 0 Å². The SMILES string of the molecule is CC(=O)N(C)C(=O)c1cccnc1. The Hall–Kier alpha value is -1.71. The van der Waals surface area contributed by atoms with Gasteiger partial charge >= 0.3 is 0 Å². The largest absolute Gasteiger partial charge is 0.282 e. The molecule has 0 aliphatic carbocycles. The number of amides is 2. The van der Waals surface area contributed by atoms with E-state index in [0.29, 0.717) is 5.56 Å². The van der Waals surface area contributed by atoms with Gasteiger partial charge in [-0.15, -0.1) is 0 Å². The summed E-state index contributed by atoms with van der Waals surface area (Å²) in [7, 11) is 1.44. The summed E-state index contributed by atoms with van der Waals surface area (Å²) >= 11 is 0. The first-order valence-electron chi connectivity index (χ1n) is 3.81. The molecule has 1 rings (SSSR count).